The second-order valence-corrected chi connectivity index (χ2v) is 8.11. The van der Waals surface area contributed by atoms with E-state index in [4.69, 9.17) is 0 Å². The second-order valence-electron chi connectivity index (χ2n) is 3.57. The van der Waals surface area contributed by atoms with E-state index in [9.17, 15) is 4.79 Å². The van der Waals surface area contributed by atoms with Crippen molar-refractivity contribution in [1.29, 1.82) is 0 Å². The molecule has 0 aliphatic carbocycles. The number of unbranched alkanes of at least 4 members (excludes halogenated alkanes) is 1. The van der Waals surface area contributed by atoms with E-state index in [-0.39, 0.29) is 5.91 Å². The number of amides is 1. The fourth-order valence-corrected chi connectivity index (χ4v) is 4.63. The maximum absolute atomic E-state index is 12.3. The Kier molecular flexibility index (Phi) is 7.30. The van der Waals surface area contributed by atoms with Crippen molar-refractivity contribution in [3.63, 3.8) is 0 Å². The number of carbonyl (C=O) groups is 1. The van der Waals surface area contributed by atoms with E-state index in [0.717, 1.165) is 44.4 Å². The molecule has 0 aromatic carbocycles. The van der Waals surface area contributed by atoms with Gasteiger partial charge in [-0.2, -0.15) is 0 Å². The van der Waals surface area contributed by atoms with Crippen LogP contribution in [0.2, 0.25) is 0 Å². The van der Waals surface area contributed by atoms with Gasteiger partial charge < -0.3 is 4.90 Å². The van der Waals surface area contributed by atoms with E-state index >= 15 is 0 Å². The largest absolute Gasteiger partial charge is 0.338 e. The Labute approximate surface area is 131 Å². The van der Waals surface area contributed by atoms with Crippen LogP contribution in [0.3, 0.4) is 0 Å². The molecule has 0 N–H and O–H groups in total. The highest BCUT2D eigenvalue weighted by molar-refractivity contribution is 9.12. The van der Waals surface area contributed by atoms with Crippen LogP contribution in [-0.4, -0.2) is 29.2 Å². The Morgan fingerprint density at radius 2 is 2.12 bits per heavy atom. The minimum Gasteiger partial charge on any atom is -0.338 e. The number of halogens is 3. The predicted octanol–water partition coefficient (Wildman–Crippen LogP) is 4.91. The summed E-state index contributed by atoms with van der Waals surface area (Å²) in [6.45, 7) is 3.70. The van der Waals surface area contributed by atoms with Gasteiger partial charge in [0.2, 0.25) is 0 Å². The highest BCUT2D eigenvalue weighted by Crippen LogP contribution is 2.32. The summed E-state index contributed by atoms with van der Waals surface area (Å²) in [4.78, 5) is 14.2. The normalized spacial score (nSPS) is 10.6. The highest BCUT2D eigenvalue weighted by Gasteiger charge is 2.19. The smallest absolute Gasteiger partial charge is 0.255 e. The lowest BCUT2D eigenvalue weighted by atomic mass is 10.2. The fraction of sp³-hybridized carbons (Fsp3) is 0.545. The van der Waals surface area contributed by atoms with Crippen molar-refractivity contribution in [3.05, 3.63) is 19.2 Å². The van der Waals surface area contributed by atoms with Gasteiger partial charge in [0.1, 0.15) is 0 Å². The molecule has 0 aliphatic rings. The molecule has 2 nitrogen and oxygen atoms in total. The zero-order valence-electron chi connectivity index (χ0n) is 9.51. The number of alkyl halides is 1. The van der Waals surface area contributed by atoms with Gasteiger partial charge in [0, 0.05) is 18.4 Å². The van der Waals surface area contributed by atoms with Gasteiger partial charge in [-0.05, 0) is 44.3 Å². The summed E-state index contributed by atoms with van der Waals surface area (Å²) in [5, 5.41) is 0.811. The van der Waals surface area contributed by atoms with Crippen molar-refractivity contribution in [3.8, 4) is 0 Å². The number of carbonyl (C=O) groups excluding carboxylic acids is 1. The summed E-state index contributed by atoms with van der Waals surface area (Å²) >= 11 is 11.8. The molecule has 1 heterocycles. The molecule has 6 heteroatoms. The first kappa shape index (κ1) is 15.7. The third-order valence-corrected chi connectivity index (χ3v) is 5.00. The van der Waals surface area contributed by atoms with Crippen LogP contribution in [0.5, 0.6) is 0 Å². The molecule has 1 aromatic rings. The Morgan fingerprint density at radius 1 is 1.41 bits per heavy atom. The topological polar surface area (TPSA) is 20.3 Å². The predicted molar refractivity (Wildman–Crippen MR) is 84.3 cm³/mol. The van der Waals surface area contributed by atoms with E-state index in [1.54, 1.807) is 0 Å². The molecule has 0 aliphatic heterocycles. The van der Waals surface area contributed by atoms with Crippen LogP contribution in [0, 0.1) is 0 Å². The zero-order valence-corrected chi connectivity index (χ0v) is 15.1. The molecule has 0 radical (unpaired) electrons. The summed E-state index contributed by atoms with van der Waals surface area (Å²) in [7, 11) is 0. The summed E-state index contributed by atoms with van der Waals surface area (Å²) in [5.74, 6) is 0.103. The van der Waals surface area contributed by atoms with Gasteiger partial charge in [-0.3, -0.25) is 4.79 Å². The molecule has 0 saturated carbocycles. The van der Waals surface area contributed by atoms with Crippen LogP contribution < -0.4 is 0 Å². The molecule has 0 saturated heterocycles. The molecule has 0 unspecified atom stereocenters. The number of nitrogens with zero attached hydrogens (tertiary/aromatic N) is 1. The van der Waals surface area contributed by atoms with Crippen molar-refractivity contribution >= 4 is 65.0 Å². The summed E-state index contributed by atoms with van der Waals surface area (Å²) in [6.07, 6.45) is 2.14. The Bertz CT molecular complexity index is 381. The van der Waals surface area contributed by atoms with Crippen molar-refractivity contribution in [2.24, 2.45) is 0 Å². The summed E-state index contributed by atoms with van der Waals surface area (Å²) in [5.41, 5.74) is 0.749. The summed E-state index contributed by atoms with van der Waals surface area (Å²) in [6, 6.07) is 1.88. The van der Waals surface area contributed by atoms with Gasteiger partial charge in [-0.15, -0.1) is 11.3 Å². The number of rotatable bonds is 6. The van der Waals surface area contributed by atoms with E-state index in [0.29, 0.717) is 0 Å². The molecule has 1 rings (SSSR count). The average Bonchev–Trinajstić information content (AvgIpc) is 2.63. The van der Waals surface area contributed by atoms with Crippen molar-refractivity contribution in [2.45, 2.75) is 19.8 Å². The first-order valence-corrected chi connectivity index (χ1v) is 8.92. The Balaban J connectivity index is 2.79. The lowest BCUT2D eigenvalue weighted by Gasteiger charge is -2.21. The van der Waals surface area contributed by atoms with Crippen LogP contribution in [0.15, 0.2) is 13.6 Å². The van der Waals surface area contributed by atoms with E-state index < -0.39 is 0 Å². The molecular weight excluding hydrogens is 434 g/mol. The number of hydrogen-bond acceptors (Lipinski definition) is 2. The first-order valence-electron chi connectivity index (χ1n) is 5.40. The van der Waals surface area contributed by atoms with E-state index in [1.807, 2.05) is 11.0 Å². The maximum atomic E-state index is 12.3. The lowest BCUT2D eigenvalue weighted by Crippen LogP contribution is -2.33. The molecule has 1 aromatic heterocycles. The van der Waals surface area contributed by atoms with Gasteiger partial charge in [0.15, 0.2) is 0 Å². The average molecular weight is 448 g/mol. The number of thiophene rings is 1. The SMILES string of the molecule is CCCCN(CCBr)C(=O)c1cc(Br)sc1Br. The minimum atomic E-state index is 0.103. The molecule has 17 heavy (non-hydrogen) atoms. The number of hydrogen-bond donors (Lipinski definition) is 0. The van der Waals surface area contributed by atoms with E-state index in [1.165, 1.54) is 11.3 Å². The second kappa shape index (κ2) is 7.92. The third kappa shape index (κ3) is 4.65. The zero-order chi connectivity index (χ0) is 12.8. The standard InChI is InChI=1S/C11H14Br3NOS/c1-2-3-5-15(6-4-12)11(16)8-7-9(13)17-10(8)14/h7H,2-6H2,1H3. The van der Waals surface area contributed by atoms with Gasteiger partial charge in [0.05, 0.1) is 13.1 Å². The molecule has 0 bridgehead atoms. The van der Waals surface area contributed by atoms with Crippen LogP contribution >= 0.6 is 59.1 Å². The van der Waals surface area contributed by atoms with Gasteiger partial charge in [0.25, 0.3) is 5.91 Å². The maximum Gasteiger partial charge on any atom is 0.255 e. The van der Waals surface area contributed by atoms with Crippen LogP contribution in [0.25, 0.3) is 0 Å². The van der Waals surface area contributed by atoms with Gasteiger partial charge in [-0.1, -0.05) is 29.3 Å². The van der Waals surface area contributed by atoms with Crippen LogP contribution in [0.4, 0.5) is 0 Å². The Morgan fingerprint density at radius 3 is 2.59 bits per heavy atom. The van der Waals surface area contributed by atoms with Crippen molar-refractivity contribution < 1.29 is 4.79 Å². The van der Waals surface area contributed by atoms with Crippen molar-refractivity contribution in [2.75, 3.05) is 18.4 Å². The van der Waals surface area contributed by atoms with Gasteiger partial charge >= 0.3 is 0 Å². The summed E-state index contributed by atoms with van der Waals surface area (Å²) < 4.78 is 1.87. The molecule has 0 atom stereocenters. The van der Waals surface area contributed by atoms with Crippen LogP contribution in [0.1, 0.15) is 30.1 Å². The molecule has 96 valence electrons. The molecular formula is C11H14Br3NOS. The molecule has 0 fully saturated rings. The highest BCUT2D eigenvalue weighted by atomic mass is 79.9. The minimum absolute atomic E-state index is 0.103. The molecule has 1 amide bonds. The van der Waals surface area contributed by atoms with Gasteiger partial charge in [-0.25, -0.2) is 0 Å². The Hall–Kier alpha value is 0.610. The van der Waals surface area contributed by atoms with Crippen molar-refractivity contribution in [1.82, 2.24) is 4.90 Å². The quantitative estimate of drug-likeness (QED) is 0.567. The lowest BCUT2D eigenvalue weighted by molar-refractivity contribution is 0.0764. The molecule has 0 spiro atoms. The van der Waals surface area contributed by atoms with E-state index in [2.05, 4.69) is 54.7 Å². The third-order valence-electron chi connectivity index (χ3n) is 2.31. The first-order chi connectivity index (χ1) is 8.10. The fourth-order valence-electron chi connectivity index (χ4n) is 1.42. The monoisotopic (exact) mass is 445 g/mol. The van der Waals surface area contributed by atoms with Crippen LogP contribution in [-0.2, 0) is 0 Å².